The Hall–Kier alpha value is -4.92. The molecular formula is C33H34FN5O5. The predicted molar refractivity (Wildman–Crippen MR) is 160 cm³/mol. The highest BCUT2D eigenvalue weighted by atomic mass is 19.1. The van der Waals surface area contributed by atoms with Crippen molar-refractivity contribution in [2.75, 3.05) is 32.8 Å². The number of amides is 4. The number of piperazine rings is 1. The van der Waals surface area contributed by atoms with E-state index in [1.54, 1.807) is 35.2 Å². The van der Waals surface area contributed by atoms with Gasteiger partial charge in [0.05, 0.1) is 32.8 Å². The minimum Gasteiger partial charge on any atom is -0.508 e. The standard InChI is InChI=1S/C33H34FN5O5/c1-2-16-37-22-31(41)38-29(19-24-12-14-27(40)15-13-24)32(42)36(17-18-44-23-26-10-6-7-11-28(26)34)21-30(38)39(37)33(43)35-20-25-8-4-3-5-9-25/h1,3-15,29-30,40H,16-23H2,(H,35,43)/t29-,30-/m0/s1. The molecule has 0 aliphatic carbocycles. The Kier molecular flexibility index (Phi) is 9.74. The van der Waals surface area contributed by atoms with Gasteiger partial charge < -0.3 is 25.0 Å². The van der Waals surface area contributed by atoms with Crippen molar-refractivity contribution >= 4 is 17.8 Å². The van der Waals surface area contributed by atoms with Crippen LogP contribution in [-0.4, -0.2) is 87.8 Å². The molecule has 11 heteroatoms. The van der Waals surface area contributed by atoms with E-state index < -0.39 is 18.2 Å². The van der Waals surface area contributed by atoms with Gasteiger partial charge in [0.15, 0.2) is 0 Å². The van der Waals surface area contributed by atoms with E-state index in [-0.39, 0.29) is 75.7 Å². The highest BCUT2D eigenvalue weighted by molar-refractivity contribution is 5.91. The number of halogens is 1. The average Bonchev–Trinajstić information content (AvgIpc) is 3.02. The maximum atomic E-state index is 14.1. The number of rotatable bonds is 10. The molecule has 228 valence electrons. The van der Waals surface area contributed by atoms with Crippen LogP contribution in [0.3, 0.4) is 0 Å². The number of fused-ring (bicyclic) bond motifs is 1. The first-order valence-corrected chi connectivity index (χ1v) is 14.3. The largest absolute Gasteiger partial charge is 0.508 e. The number of terminal acetylenes is 1. The Bertz CT molecular complexity index is 1510. The Morgan fingerprint density at radius 1 is 1.02 bits per heavy atom. The summed E-state index contributed by atoms with van der Waals surface area (Å²) in [6, 6.07) is 20.8. The minimum atomic E-state index is -0.922. The van der Waals surface area contributed by atoms with Crippen LogP contribution >= 0.6 is 0 Å². The number of phenolic OH excluding ortho intramolecular Hbond substituents is 1. The lowest BCUT2D eigenvalue weighted by atomic mass is 9.98. The van der Waals surface area contributed by atoms with E-state index in [0.29, 0.717) is 5.56 Å². The van der Waals surface area contributed by atoms with E-state index >= 15 is 0 Å². The predicted octanol–water partition coefficient (Wildman–Crippen LogP) is 2.73. The van der Waals surface area contributed by atoms with Gasteiger partial charge in [-0.25, -0.2) is 14.2 Å². The molecule has 2 aliphatic rings. The zero-order chi connectivity index (χ0) is 31.1. The number of carbonyl (C=O) groups excluding carboxylic acids is 3. The Balaban J connectivity index is 1.40. The molecule has 3 aromatic carbocycles. The lowest BCUT2D eigenvalue weighted by molar-refractivity contribution is -0.189. The van der Waals surface area contributed by atoms with Crippen molar-refractivity contribution in [3.05, 3.63) is 101 Å². The molecule has 3 aromatic rings. The van der Waals surface area contributed by atoms with E-state index in [1.165, 1.54) is 33.1 Å². The first kappa shape index (κ1) is 30.5. The average molecular weight is 600 g/mol. The Labute approximate surface area is 255 Å². The minimum absolute atomic E-state index is 0.0111. The molecule has 4 amide bonds. The van der Waals surface area contributed by atoms with Crippen molar-refractivity contribution < 1.29 is 28.6 Å². The zero-order valence-electron chi connectivity index (χ0n) is 24.1. The van der Waals surface area contributed by atoms with Crippen molar-refractivity contribution in [3.63, 3.8) is 0 Å². The first-order valence-electron chi connectivity index (χ1n) is 14.3. The molecule has 0 spiro atoms. The van der Waals surface area contributed by atoms with Gasteiger partial charge in [-0.1, -0.05) is 66.6 Å². The summed E-state index contributed by atoms with van der Waals surface area (Å²) in [5.74, 6) is 1.60. The van der Waals surface area contributed by atoms with Crippen LogP contribution in [0.2, 0.25) is 0 Å². The smallest absolute Gasteiger partial charge is 0.334 e. The van der Waals surface area contributed by atoms with Gasteiger partial charge in [0, 0.05) is 25.1 Å². The zero-order valence-corrected chi connectivity index (χ0v) is 24.1. The van der Waals surface area contributed by atoms with Crippen LogP contribution in [0.4, 0.5) is 9.18 Å². The fraction of sp³-hybridized carbons (Fsp3) is 0.303. The number of hydrogen-bond acceptors (Lipinski definition) is 6. The second-order valence-electron chi connectivity index (χ2n) is 10.6. The van der Waals surface area contributed by atoms with E-state index in [4.69, 9.17) is 11.2 Å². The molecule has 0 aromatic heterocycles. The lowest BCUT2D eigenvalue weighted by Gasteiger charge is -2.54. The number of benzene rings is 3. The molecule has 0 radical (unpaired) electrons. The molecule has 2 aliphatic heterocycles. The molecule has 44 heavy (non-hydrogen) atoms. The normalized spacial score (nSPS) is 18.6. The van der Waals surface area contributed by atoms with Gasteiger partial charge in [0.25, 0.3) is 0 Å². The molecule has 2 heterocycles. The van der Waals surface area contributed by atoms with E-state index in [9.17, 15) is 23.9 Å². The van der Waals surface area contributed by atoms with Crippen LogP contribution in [0.15, 0.2) is 78.9 Å². The molecule has 10 nitrogen and oxygen atoms in total. The van der Waals surface area contributed by atoms with Crippen LogP contribution < -0.4 is 5.32 Å². The fourth-order valence-electron chi connectivity index (χ4n) is 5.52. The summed E-state index contributed by atoms with van der Waals surface area (Å²) in [6.07, 6.45) is 4.96. The molecule has 2 N–H and O–H groups in total. The van der Waals surface area contributed by atoms with Crippen LogP contribution in [-0.2, 0) is 33.9 Å². The van der Waals surface area contributed by atoms with Crippen LogP contribution in [0, 0.1) is 18.2 Å². The second kappa shape index (κ2) is 14.0. The maximum Gasteiger partial charge on any atom is 0.334 e. The van der Waals surface area contributed by atoms with Gasteiger partial charge in [-0.15, -0.1) is 6.42 Å². The first-order chi connectivity index (χ1) is 21.4. The number of ether oxygens (including phenoxy) is 1. The summed E-state index contributed by atoms with van der Waals surface area (Å²) in [6.45, 7) is 0.419. The summed E-state index contributed by atoms with van der Waals surface area (Å²) in [5, 5.41) is 15.6. The van der Waals surface area contributed by atoms with Crippen molar-refractivity contribution in [1.29, 1.82) is 0 Å². The fourth-order valence-corrected chi connectivity index (χ4v) is 5.52. The molecule has 0 saturated carbocycles. The van der Waals surface area contributed by atoms with E-state index in [0.717, 1.165) is 11.1 Å². The highest BCUT2D eigenvalue weighted by Gasteiger charge is 2.51. The number of aromatic hydroxyl groups is 1. The number of hydrazine groups is 1. The Morgan fingerprint density at radius 3 is 2.48 bits per heavy atom. The van der Waals surface area contributed by atoms with Gasteiger partial charge in [-0.2, -0.15) is 5.01 Å². The number of nitrogens with one attached hydrogen (secondary N) is 1. The quantitative estimate of drug-likeness (QED) is 0.274. The number of nitrogens with zero attached hydrogens (tertiary/aromatic N) is 4. The number of carbonyl (C=O) groups is 3. The third kappa shape index (κ3) is 6.99. The number of urea groups is 1. The van der Waals surface area contributed by atoms with Crippen molar-refractivity contribution in [1.82, 2.24) is 25.1 Å². The van der Waals surface area contributed by atoms with E-state index in [2.05, 4.69) is 11.2 Å². The molecule has 0 unspecified atom stereocenters. The summed E-state index contributed by atoms with van der Waals surface area (Å²) < 4.78 is 19.8. The Morgan fingerprint density at radius 2 is 1.75 bits per heavy atom. The van der Waals surface area contributed by atoms with Crippen LogP contribution in [0.5, 0.6) is 5.75 Å². The summed E-state index contributed by atoms with van der Waals surface area (Å²) in [5.41, 5.74) is 2.03. The molecule has 2 fully saturated rings. The topological polar surface area (TPSA) is 106 Å². The number of hydrogen-bond donors (Lipinski definition) is 2. The van der Waals surface area contributed by atoms with Gasteiger partial charge >= 0.3 is 6.03 Å². The van der Waals surface area contributed by atoms with Gasteiger partial charge in [-0.3, -0.25) is 9.59 Å². The summed E-state index contributed by atoms with van der Waals surface area (Å²) in [4.78, 5) is 44.3. The second-order valence-corrected chi connectivity index (χ2v) is 10.6. The molecule has 2 atom stereocenters. The van der Waals surface area contributed by atoms with Crippen molar-refractivity contribution in [3.8, 4) is 18.1 Å². The SMILES string of the molecule is C#CCN1CC(=O)N2[C@@H](Cc3ccc(O)cc3)C(=O)N(CCOCc3ccccc3F)C[C@@H]2N1C(=O)NCc1ccccc1. The number of phenols is 1. The lowest BCUT2D eigenvalue weighted by Crippen LogP contribution is -2.76. The summed E-state index contributed by atoms with van der Waals surface area (Å²) in [7, 11) is 0. The third-order valence-corrected chi connectivity index (χ3v) is 7.68. The van der Waals surface area contributed by atoms with Crippen molar-refractivity contribution in [2.45, 2.75) is 31.8 Å². The van der Waals surface area contributed by atoms with Crippen LogP contribution in [0.25, 0.3) is 0 Å². The molecule has 0 bridgehead atoms. The van der Waals surface area contributed by atoms with Crippen LogP contribution in [0.1, 0.15) is 16.7 Å². The van der Waals surface area contributed by atoms with Crippen molar-refractivity contribution in [2.24, 2.45) is 0 Å². The monoisotopic (exact) mass is 599 g/mol. The maximum absolute atomic E-state index is 14.1. The van der Waals surface area contributed by atoms with Gasteiger partial charge in [0.1, 0.15) is 23.8 Å². The third-order valence-electron chi connectivity index (χ3n) is 7.68. The molecule has 5 rings (SSSR count). The highest BCUT2D eigenvalue weighted by Crippen LogP contribution is 2.28. The summed E-state index contributed by atoms with van der Waals surface area (Å²) >= 11 is 0. The van der Waals surface area contributed by atoms with Gasteiger partial charge in [0.2, 0.25) is 11.8 Å². The van der Waals surface area contributed by atoms with E-state index in [1.807, 2.05) is 30.3 Å². The molecular weight excluding hydrogens is 565 g/mol. The molecule has 2 saturated heterocycles. The van der Waals surface area contributed by atoms with Gasteiger partial charge in [-0.05, 0) is 29.3 Å².